The molecular weight excluding hydrogens is 432 g/mol. The quantitative estimate of drug-likeness (QED) is 0.120. The Bertz CT molecular complexity index is 627. The predicted octanol–water partition coefficient (Wildman–Crippen LogP) is 9.46. The molecule has 0 spiro atoms. The van der Waals surface area contributed by atoms with Crippen molar-refractivity contribution < 1.29 is 14.3 Å². The lowest BCUT2D eigenvalue weighted by atomic mass is 9.72. The van der Waals surface area contributed by atoms with Crippen LogP contribution in [0.1, 0.15) is 136 Å². The molecule has 0 N–H and O–H groups in total. The number of hydrogen-bond acceptors (Lipinski definition) is 3. The fourth-order valence-electron chi connectivity index (χ4n) is 5.13. The third-order valence-electron chi connectivity index (χ3n) is 6.72. The number of unbranched alkanes of at least 4 members (excludes halogenated alkanes) is 13. The zero-order valence-electron chi connectivity index (χ0n) is 23.8. The van der Waals surface area contributed by atoms with E-state index in [0.29, 0.717) is 18.6 Å². The normalized spacial score (nSPS) is 12.1. The van der Waals surface area contributed by atoms with Gasteiger partial charge in [-0.05, 0) is 47.8 Å². The highest BCUT2D eigenvalue weighted by atomic mass is 16.5. The third kappa shape index (κ3) is 17.7. The molecule has 1 rings (SSSR count). The molecule has 3 heteroatoms. The van der Waals surface area contributed by atoms with E-state index in [9.17, 15) is 4.79 Å². The molecule has 0 unspecified atom stereocenters. The van der Waals surface area contributed by atoms with Gasteiger partial charge >= 0.3 is 0 Å². The first-order valence-corrected chi connectivity index (χ1v) is 14.5. The molecule has 0 heterocycles. The summed E-state index contributed by atoms with van der Waals surface area (Å²) in [5, 5.41) is 0. The Hall–Kier alpha value is -1.35. The molecule has 0 atom stereocenters. The molecule has 0 fully saturated rings. The fourth-order valence-corrected chi connectivity index (χ4v) is 5.13. The van der Waals surface area contributed by atoms with Crippen LogP contribution >= 0.6 is 0 Å². The summed E-state index contributed by atoms with van der Waals surface area (Å²) < 4.78 is 11.6. The molecular formula is C32H56O3. The molecule has 0 radical (unpaired) electrons. The third-order valence-corrected chi connectivity index (χ3v) is 6.72. The molecule has 0 saturated carbocycles. The molecule has 0 aliphatic heterocycles. The predicted molar refractivity (Wildman–Crippen MR) is 151 cm³/mol. The summed E-state index contributed by atoms with van der Waals surface area (Å²) in [7, 11) is 0. The molecule has 202 valence electrons. The van der Waals surface area contributed by atoms with Gasteiger partial charge < -0.3 is 14.3 Å². The summed E-state index contributed by atoms with van der Waals surface area (Å²) in [6, 6.07) is 8.61. The second-order valence-electron chi connectivity index (χ2n) is 12.2. The van der Waals surface area contributed by atoms with E-state index in [0.717, 1.165) is 44.3 Å². The second kappa shape index (κ2) is 18.9. The van der Waals surface area contributed by atoms with Gasteiger partial charge in [0.1, 0.15) is 18.6 Å². The minimum atomic E-state index is 0.166. The first-order chi connectivity index (χ1) is 16.7. The highest BCUT2D eigenvalue weighted by Gasteiger charge is 2.27. The summed E-state index contributed by atoms with van der Waals surface area (Å²) in [5.41, 5.74) is 1.85. The van der Waals surface area contributed by atoms with Gasteiger partial charge in [-0.3, -0.25) is 0 Å². The van der Waals surface area contributed by atoms with Crippen LogP contribution in [0.2, 0.25) is 0 Å². The fraction of sp³-hybridized carbons (Fsp3) is 0.781. The van der Waals surface area contributed by atoms with Gasteiger partial charge in [0.25, 0.3) is 0 Å². The molecule has 0 aliphatic carbocycles. The first kappa shape index (κ1) is 31.7. The maximum absolute atomic E-state index is 10.3. The van der Waals surface area contributed by atoms with Crippen molar-refractivity contribution in [3.05, 3.63) is 29.8 Å². The van der Waals surface area contributed by atoms with Crippen LogP contribution in [0.4, 0.5) is 0 Å². The average molecular weight is 489 g/mol. The summed E-state index contributed by atoms with van der Waals surface area (Å²) in [6.07, 6.45) is 19.9. The van der Waals surface area contributed by atoms with Crippen LogP contribution in [0, 0.1) is 5.41 Å². The van der Waals surface area contributed by atoms with Gasteiger partial charge in [-0.25, -0.2) is 0 Å². The van der Waals surface area contributed by atoms with Crippen LogP contribution in [-0.4, -0.2) is 26.1 Å². The van der Waals surface area contributed by atoms with Crippen molar-refractivity contribution in [2.75, 3.05) is 19.8 Å². The Labute approximate surface area is 217 Å². The van der Waals surface area contributed by atoms with Gasteiger partial charge in [0.05, 0.1) is 6.61 Å². The summed E-state index contributed by atoms with van der Waals surface area (Å²) in [6.45, 7) is 13.7. The topological polar surface area (TPSA) is 35.5 Å². The Kier molecular flexibility index (Phi) is 17.1. The van der Waals surface area contributed by atoms with Gasteiger partial charge in [0, 0.05) is 13.0 Å². The van der Waals surface area contributed by atoms with Crippen LogP contribution in [0.3, 0.4) is 0 Å². The van der Waals surface area contributed by atoms with Crippen molar-refractivity contribution in [2.24, 2.45) is 5.41 Å². The molecule has 35 heavy (non-hydrogen) atoms. The Morgan fingerprint density at radius 1 is 0.629 bits per heavy atom. The van der Waals surface area contributed by atoms with Crippen molar-refractivity contribution in [3.63, 3.8) is 0 Å². The van der Waals surface area contributed by atoms with Crippen LogP contribution in [0.5, 0.6) is 5.75 Å². The SMILES string of the molecule is CC(C)(C)CC(C)(C)c1ccc(OCCOCCCCCCCCCCCCCCCC=O)cc1. The minimum Gasteiger partial charge on any atom is -0.491 e. The van der Waals surface area contributed by atoms with Crippen LogP contribution < -0.4 is 4.74 Å². The number of carbonyl (C=O) groups is 1. The van der Waals surface area contributed by atoms with Crippen LogP contribution in [0.25, 0.3) is 0 Å². The van der Waals surface area contributed by atoms with Gasteiger partial charge in [0.2, 0.25) is 0 Å². The highest BCUT2D eigenvalue weighted by molar-refractivity contribution is 5.48. The lowest BCUT2D eigenvalue weighted by Crippen LogP contribution is -2.24. The van der Waals surface area contributed by atoms with Crippen molar-refractivity contribution in [3.8, 4) is 5.75 Å². The van der Waals surface area contributed by atoms with Crippen molar-refractivity contribution in [2.45, 2.75) is 136 Å². The molecule has 1 aromatic rings. The van der Waals surface area contributed by atoms with Crippen LogP contribution in [0.15, 0.2) is 24.3 Å². The first-order valence-electron chi connectivity index (χ1n) is 14.5. The second-order valence-corrected chi connectivity index (χ2v) is 12.2. The number of rotatable bonds is 22. The number of benzene rings is 1. The number of aldehydes is 1. The summed E-state index contributed by atoms with van der Waals surface area (Å²) in [4.78, 5) is 10.3. The van der Waals surface area contributed by atoms with Gasteiger partial charge in [-0.15, -0.1) is 0 Å². The number of hydrogen-bond donors (Lipinski definition) is 0. The zero-order valence-corrected chi connectivity index (χ0v) is 23.8. The van der Waals surface area contributed by atoms with Gasteiger partial charge in [-0.2, -0.15) is 0 Å². The summed E-state index contributed by atoms with van der Waals surface area (Å²) in [5.74, 6) is 0.929. The molecule has 0 aliphatic rings. The standard InChI is InChI=1S/C32H56O3/c1-31(2,3)28-32(4,5)29-20-22-30(23-21-29)35-27-26-34-25-19-17-15-13-11-9-7-6-8-10-12-14-16-18-24-33/h20-24H,6-19,25-28H2,1-5H3. The number of ether oxygens (including phenoxy) is 2. The maximum atomic E-state index is 10.3. The maximum Gasteiger partial charge on any atom is 0.119 e. The molecule has 1 aromatic carbocycles. The van der Waals surface area contributed by atoms with E-state index in [1.165, 1.54) is 76.2 Å². The molecule has 0 bridgehead atoms. The van der Waals surface area contributed by atoms with E-state index >= 15 is 0 Å². The van der Waals surface area contributed by atoms with Gasteiger partial charge in [-0.1, -0.05) is 117 Å². The van der Waals surface area contributed by atoms with Crippen molar-refractivity contribution >= 4 is 6.29 Å². The lowest BCUT2D eigenvalue weighted by Gasteiger charge is -2.33. The number of carbonyl (C=O) groups excluding carboxylic acids is 1. The van der Waals surface area contributed by atoms with E-state index in [2.05, 4.69) is 58.9 Å². The molecule has 0 saturated heterocycles. The Balaban J connectivity index is 1.91. The summed E-state index contributed by atoms with van der Waals surface area (Å²) >= 11 is 0. The monoisotopic (exact) mass is 488 g/mol. The van der Waals surface area contributed by atoms with Crippen molar-refractivity contribution in [1.82, 2.24) is 0 Å². The molecule has 0 aromatic heterocycles. The molecule has 0 amide bonds. The smallest absolute Gasteiger partial charge is 0.119 e. The molecule has 3 nitrogen and oxygen atoms in total. The lowest BCUT2D eigenvalue weighted by molar-refractivity contribution is -0.107. The largest absolute Gasteiger partial charge is 0.491 e. The zero-order chi connectivity index (χ0) is 25.8. The minimum absolute atomic E-state index is 0.166. The Morgan fingerprint density at radius 3 is 1.60 bits per heavy atom. The van der Waals surface area contributed by atoms with E-state index in [1.807, 2.05) is 0 Å². The van der Waals surface area contributed by atoms with E-state index in [4.69, 9.17) is 9.47 Å². The van der Waals surface area contributed by atoms with E-state index in [1.54, 1.807) is 0 Å². The van der Waals surface area contributed by atoms with Crippen molar-refractivity contribution in [1.29, 1.82) is 0 Å². The van der Waals surface area contributed by atoms with Gasteiger partial charge in [0.15, 0.2) is 0 Å². The highest BCUT2D eigenvalue weighted by Crippen LogP contribution is 2.36. The Morgan fingerprint density at radius 2 is 1.11 bits per heavy atom. The van der Waals surface area contributed by atoms with E-state index < -0.39 is 0 Å². The average Bonchev–Trinajstić information content (AvgIpc) is 2.79. The van der Waals surface area contributed by atoms with E-state index in [-0.39, 0.29) is 5.41 Å². The van der Waals surface area contributed by atoms with Crippen LogP contribution in [-0.2, 0) is 14.9 Å².